The first-order chi connectivity index (χ1) is 10.1. The summed E-state index contributed by atoms with van der Waals surface area (Å²) in [5.41, 5.74) is 1.49. The van der Waals surface area contributed by atoms with Gasteiger partial charge in [-0.3, -0.25) is 0 Å². The summed E-state index contributed by atoms with van der Waals surface area (Å²) in [5, 5.41) is 3.83. The summed E-state index contributed by atoms with van der Waals surface area (Å²) < 4.78 is 27.0. The second-order valence-corrected chi connectivity index (χ2v) is 5.44. The molecule has 0 amide bonds. The van der Waals surface area contributed by atoms with Crippen LogP contribution in [-0.2, 0) is 6.42 Å². The van der Waals surface area contributed by atoms with Gasteiger partial charge < -0.3 is 5.32 Å². The molecule has 0 fully saturated rings. The number of rotatable bonds is 6. The molecule has 0 bridgehead atoms. The summed E-state index contributed by atoms with van der Waals surface area (Å²) in [7, 11) is 0. The summed E-state index contributed by atoms with van der Waals surface area (Å²) in [6.07, 6.45) is 1.53. The third kappa shape index (κ3) is 4.51. The summed E-state index contributed by atoms with van der Waals surface area (Å²) in [5.74, 6) is -0.555. The van der Waals surface area contributed by atoms with E-state index in [0.29, 0.717) is 17.0 Å². The molecular formula is C17H18ClF2N. The minimum absolute atomic E-state index is 0.186. The normalized spacial score (nSPS) is 12.4. The van der Waals surface area contributed by atoms with E-state index in [1.807, 2.05) is 0 Å². The molecule has 21 heavy (non-hydrogen) atoms. The summed E-state index contributed by atoms with van der Waals surface area (Å²) >= 11 is 5.97. The first-order valence-corrected chi connectivity index (χ1v) is 7.40. The van der Waals surface area contributed by atoms with Gasteiger partial charge in [0.05, 0.1) is 0 Å². The van der Waals surface area contributed by atoms with Gasteiger partial charge in [-0.2, -0.15) is 0 Å². The Kier molecular flexibility index (Phi) is 5.71. The third-order valence-electron chi connectivity index (χ3n) is 3.33. The van der Waals surface area contributed by atoms with Gasteiger partial charge >= 0.3 is 0 Å². The average Bonchev–Trinajstić information content (AvgIpc) is 2.48. The lowest BCUT2D eigenvalue weighted by molar-refractivity contribution is 0.496. The van der Waals surface area contributed by atoms with E-state index in [2.05, 4.69) is 12.2 Å². The van der Waals surface area contributed by atoms with Crippen LogP contribution in [0.25, 0.3) is 0 Å². The zero-order valence-corrected chi connectivity index (χ0v) is 12.6. The van der Waals surface area contributed by atoms with Crippen molar-refractivity contribution in [1.29, 1.82) is 0 Å². The molecule has 0 saturated carbocycles. The second kappa shape index (κ2) is 7.53. The first-order valence-electron chi connectivity index (χ1n) is 7.03. The average molecular weight is 310 g/mol. The van der Waals surface area contributed by atoms with Crippen LogP contribution in [0.15, 0.2) is 42.5 Å². The topological polar surface area (TPSA) is 12.0 Å². The van der Waals surface area contributed by atoms with Crippen molar-refractivity contribution < 1.29 is 8.78 Å². The van der Waals surface area contributed by atoms with E-state index in [9.17, 15) is 8.78 Å². The molecule has 1 unspecified atom stereocenters. The van der Waals surface area contributed by atoms with E-state index in [-0.39, 0.29) is 17.7 Å². The van der Waals surface area contributed by atoms with Crippen molar-refractivity contribution in [3.8, 4) is 0 Å². The zero-order chi connectivity index (χ0) is 15.2. The zero-order valence-electron chi connectivity index (χ0n) is 11.9. The Bertz CT molecular complexity index is 584. The van der Waals surface area contributed by atoms with Gasteiger partial charge in [0.15, 0.2) is 0 Å². The Morgan fingerprint density at radius 3 is 2.48 bits per heavy atom. The van der Waals surface area contributed by atoms with Crippen LogP contribution in [-0.4, -0.2) is 6.54 Å². The van der Waals surface area contributed by atoms with Crippen molar-refractivity contribution in [3.63, 3.8) is 0 Å². The minimum atomic E-state index is -0.282. The molecule has 2 rings (SSSR count). The quantitative estimate of drug-likeness (QED) is 0.800. The van der Waals surface area contributed by atoms with Crippen LogP contribution in [0.2, 0.25) is 5.02 Å². The van der Waals surface area contributed by atoms with Crippen molar-refractivity contribution >= 4 is 11.6 Å². The van der Waals surface area contributed by atoms with Crippen molar-refractivity contribution in [2.24, 2.45) is 0 Å². The molecule has 1 atom stereocenters. The maximum absolute atomic E-state index is 14.1. The second-order valence-electron chi connectivity index (χ2n) is 5.00. The van der Waals surface area contributed by atoms with Crippen molar-refractivity contribution in [2.75, 3.05) is 6.54 Å². The highest BCUT2D eigenvalue weighted by Crippen LogP contribution is 2.24. The number of nitrogens with one attached hydrogen (secondary N) is 1. The van der Waals surface area contributed by atoms with E-state index in [1.54, 1.807) is 18.2 Å². The van der Waals surface area contributed by atoms with Crippen LogP contribution >= 0.6 is 11.6 Å². The fraction of sp³-hybridized carbons (Fsp3) is 0.294. The molecule has 0 aliphatic carbocycles. The molecule has 4 heteroatoms. The smallest absolute Gasteiger partial charge is 0.128 e. The molecule has 0 aliphatic rings. The predicted octanol–water partition coefficient (Wildman–Crippen LogP) is 4.90. The number of benzene rings is 2. The van der Waals surface area contributed by atoms with Crippen LogP contribution in [0.1, 0.15) is 30.5 Å². The van der Waals surface area contributed by atoms with E-state index in [4.69, 9.17) is 11.6 Å². The van der Waals surface area contributed by atoms with Crippen LogP contribution in [0.5, 0.6) is 0 Å². The first kappa shape index (κ1) is 15.9. The summed E-state index contributed by atoms with van der Waals surface area (Å²) in [4.78, 5) is 0. The Morgan fingerprint density at radius 1 is 1.10 bits per heavy atom. The van der Waals surface area contributed by atoms with Crippen molar-refractivity contribution in [2.45, 2.75) is 25.8 Å². The van der Waals surface area contributed by atoms with Crippen LogP contribution in [0.3, 0.4) is 0 Å². The van der Waals surface area contributed by atoms with E-state index >= 15 is 0 Å². The van der Waals surface area contributed by atoms with Gasteiger partial charge in [-0.15, -0.1) is 0 Å². The number of hydrogen-bond donors (Lipinski definition) is 1. The monoisotopic (exact) mass is 309 g/mol. The lowest BCUT2D eigenvalue weighted by atomic mass is 9.98. The molecule has 0 aliphatic heterocycles. The van der Waals surface area contributed by atoms with E-state index in [1.165, 1.54) is 24.3 Å². The van der Waals surface area contributed by atoms with Crippen molar-refractivity contribution in [1.82, 2.24) is 5.32 Å². The van der Waals surface area contributed by atoms with Gasteiger partial charge in [-0.25, -0.2) is 8.78 Å². The van der Waals surface area contributed by atoms with Gasteiger partial charge in [0.2, 0.25) is 0 Å². The molecule has 0 aromatic heterocycles. The SMILES string of the molecule is CCCNC(Cc1ccc(F)cc1)c1cc(Cl)ccc1F. The largest absolute Gasteiger partial charge is 0.310 e. The Balaban J connectivity index is 2.25. The number of halogens is 3. The molecule has 2 aromatic rings. The fourth-order valence-corrected chi connectivity index (χ4v) is 2.43. The molecule has 1 nitrogen and oxygen atoms in total. The maximum atomic E-state index is 14.1. The van der Waals surface area contributed by atoms with Gasteiger partial charge in [0.25, 0.3) is 0 Å². The molecule has 1 N–H and O–H groups in total. The van der Waals surface area contributed by atoms with Crippen molar-refractivity contribution in [3.05, 3.63) is 70.2 Å². The third-order valence-corrected chi connectivity index (χ3v) is 3.56. The Labute approximate surface area is 128 Å². The maximum Gasteiger partial charge on any atom is 0.128 e. The van der Waals surface area contributed by atoms with Gasteiger partial charge in [0, 0.05) is 16.6 Å². The molecule has 0 heterocycles. The molecular weight excluding hydrogens is 292 g/mol. The fourth-order valence-electron chi connectivity index (χ4n) is 2.25. The highest BCUT2D eigenvalue weighted by atomic mass is 35.5. The van der Waals surface area contributed by atoms with Crippen LogP contribution in [0.4, 0.5) is 8.78 Å². The van der Waals surface area contributed by atoms with Crippen LogP contribution in [0, 0.1) is 11.6 Å². The molecule has 0 radical (unpaired) electrons. The van der Waals surface area contributed by atoms with Crippen LogP contribution < -0.4 is 5.32 Å². The van der Waals surface area contributed by atoms with E-state index < -0.39 is 0 Å². The van der Waals surface area contributed by atoms with Gasteiger partial charge in [0.1, 0.15) is 11.6 Å². The summed E-state index contributed by atoms with van der Waals surface area (Å²) in [6.45, 7) is 2.83. The minimum Gasteiger partial charge on any atom is -0.310 e. The lowest BCUT2D eigenvalue weighted by Crippen LogP contribution is -2.25. The molecule has 2 aromatic carbocycles. The Hall–Kier alpha value is -1.45. The van der Waals surface area contributed by atoms with E-state index in [0.717, 1.165) is 18.5 Å². The highest BCUT2D eigenvalue weighted by molar-refractivity contribution is 6.30. The molecule has 0 spiro atoms. The standard InChI is InChI=1S/C17H18ClF2N/c1-2-9-21-17(10-12-3-6-14(19)7-4-12)15-11-13(18)5-8-16(15)20/h3-8,11,17,21H,2,9-10H2,1H3. The molecule has 0 saturated heterocycles. The predicted molar refractivity (Wildman–Crippen MR) is 82.5 cm³/mol. The van der Waals surface area contributed by atoms with Gasteiger partial charge in [-0.1, -0.05) is 30.7 Å². The highest BCUT2D eigenvalue weighted by Gasteiger charge is 2.16. The number of hydrogen-bond acceptors (Lipinski definition) is 1. The molecule has 112 valence electrons. The van der Waals surface area contributed by atoms with Gasteiger partial charge in [-0.05, 0) is 55.3 Å². The Morgan fingerprint density at radius 2 is 1.81 bits per heavy atom. The lowest BCUT2D eigenvalue weighted by Gasteiger charge is -2.20. The summed E-state index contributed by atoms with van der Waals surface area (Å²) in [6, 6.07) is 10.7.